The van der Waals surface area contributed by atoms with Crippen LogP contribution in [0.2, 0.25) is 0 Å². The molecule has 2 aromatic heterocycles. The van der Waals surface area contributed by atoms with Crippen LogP contribution in [-0.4, -0.2) is 15.9 Å². The third-order valence-corrected chi connectivity index (χ3v) is 4.94. The van der Waals surface area contributed by atoms with Crippen LogP contribution in [-0.2, 0) is 24.9 Å². The summed E-state index contributed by atoms with van der Waals surface area (Å²) in [6, 6.07) is 20.0. The van der Waals surface area contributed by atoms with E-state index in [4.69, 9.17) is 14.5 Å². The van der Waals surface area contributed by atoms with E-state index < -0.39 is 0 Å². The number of aliphatic hydroxyl groups excluding tert-OH is 1. The molecule has 2 heterocycles. The average molecular weight is 619 g/mol. The summed E-state index contributed by atoms with van der Waals surface area (Å²) in [4.78, 5) is 14.8. The summed E-state index contributed by atoms with van der Waals surface area (Å²) in [5, 5.41) is 8.36. The number of rotatable bonds is 3. The Balaban J connectivity index is 0.000000423. The second-order valence-corrected chi connectivity index (χ2v) is 8.11. The molecule has 0 aliphatic rings. The van der Waals surface area contributed by atoms with Gasteiger partial charge in [-0.25, -0.2) is 0 Å². The Bertz CT molecular complexity index is 1270. The van der Waals surface area contributed by atoms with Gasteiger partial charge >= 0.3 is 0 Å². The zero-order chi connectivity index (χ0) is 23.4. The number of carbonyl (C=O) groups is 1. The van der Waals surface area contributed by atoms with Gasteiger partial charge in [0.05, 0.1) is 11.3 Å². The quantitative estimate of drug-likeness (QED) is 0.150. The Morgan fingerprint density at radius 3 is 2.21 bits per heavy atom. The fourth-order valence-electron chi connectivity index (χ4n) is 3.73. The first-order valence-electron chi connectivity index (χ1n) is 10.5. The predicted octanol–water partition coefficient (Wildman–Crippen LogP) is 7.23. The largest absolute Gasteiger partial charge is 0.512 e. The third kappa shape index (κ3) is 6.74. The molecule has 4 aromatic rings. The SMILES string of the molecule is CC(=O)/C=C(/C)O.Cc1[c-]c(-c2ccc3oc(-c4c(C)cccc4C)cc3n2)cc(C)c1.[Ir]. The fourth-order valence-corrected chi connectivity index (χ4v) is 3.73. The number of aromatic nitrogens is 1. The van der Waals surface area contributed by atoms with Gasteiger partial charge in [0.2, 0.25) is 0 Å². The topological polar surface area (TPSA) is 63.3 Å². The number of benzene rings is 2. The van der Waals surface area contributed by atoms with Crippen LogP contribution in [0.3, 0.4) is 0 Å². The predicted molar refractivity (Wildman–Crippen MR) is 130 cm³/mol. The first kappa shape index (κ1) is 26.2. The maximum absolute atomic E-state index is 10.0. The maximum atomic E-state index is 10.0. The van der Waals surface area contributed by atoms with E-state index in [1.807, 2.05) is 18.2 Å². The van der Waals surface area contributed by atoms with Crippen LogP contribution in [0.1, 0.15) is 36.1 Å². The number of hydrogen-bond acceptors (Lipinski definition) is 4. The Labute approximate surface area is 208 Å². The van der Waals surface area contributed by atoms with Gasteiger partial charge in [0, 0.05) is 37.8 Å². The normalized spacial score (nSPS) is 10.9. The van der Waals surface area contributed by atoms with Gasteiger partial charge in [-0.1, -0.05) is 38.1 Å². The molecule has 2 aromatic carbocycles. The summed E-state index contributed by atoms with van der Waals surface area (Å²) in [6.45, 7) is 11.2. The molecule has 4 rings (SSSR count). The number of aryl methyl sites for hydroxylation is 4. The van der Waals surface area contributed by atoms with Gasteiger partial charge in [-0.2, -0.15) is 0 Å². The molecule has 173 valence electrons. The fraction of sp³-hybridized carbons (Fsp3) is 0.214. The monoisotopic (exact) mass is 619 g/mol. The summed E-state index contributed by atoms with van der Waals surface area (Å²) in [5.41, 5.74) is 9.55. The number of nitrogens with zero attached hydrogens (tertiary/aromatic N) is 1. The molecule has 0 spiro atoms. The second kappa shape index (κ2) is 11.2. The minimum Gasteiger partial charge on any atom is -0.512 e. The van der Waals surface area contributed by atoms with Gasteiger partial charge in [-0.05, 0) is 50.6 Å². The number of hydrogen-bond donors (Lipinski definition) is 1. The van der Waals surface area contributed by atoms with Crippen LogP contribution in [0.4, 0.5) is 0 Å². The van der Waals surface area contributed by atoms with E-state index in [1.54, 1.807) is 0 Å². The van der Waals surface area contributed by atoms with E-state index in [1.165, 1.54) is 36.6 Å². The maximum Gasteiger partial charge on any atom is 0.155 e. The van der Waals surface area contributed by atoms with Gasteiger partial charge in [0.15, 0.2) is 11.4 Å². The third-order valence-electron chi connectivity index (χ3n) is 4.94. The first-order valence-corrected chi connectivity index (χ1v) is 10.5. The second-order valence-electron chi connectivity index (χ2n) is 8.11. The van der Waals surface area contributed by atoms with Crippen molar-refractivity contribution in [2.75, 3.05) is 0 Å². The number of furan rings is 1. The van der Waals surface area contributed by atoms with E-state index in [0.29, 0.717) is 0 Å². The molecule has 5 heteroatoms. The van der Waals surface area contributed by atoms with Gasteiger partial charge in [-0.15, -0.1) is 34.9 Å². The molecule has 0 aliphatic heterocycles. The molecule has 0 atom stereocenters. The number of carbonyl (C=O) groups excluding carboxylic acids is 1. The minimum atomic E-state index is -0.125. The van der Waals surface area contributed by atoms with Crippen molar-refractivity contribution in [1.29, 1.82) is 0 Å². The van der Waals surface area contributed by atoms with Gasteiger partial charge in [0.1, 0.15) is 5.76 Å². The zero-order valence-electron chi connectivity index (χ0n) is 19.7. The van der Waals surface area contributed by atoms with Crippen molar-refractivity contribution in [3.8, 4) is 22.6 Å². The number of aliphatic hydroxyl groups is 1. The van der Waals surface area contributed by atoms with Gasteiger partial charge in [-0.3, -0.25) is 9.78 Å². The van der Waals surface area contributed by atoms with Crippen LogP contribution in [0, 0.1) is 33.8 Å². The molecule has 0 aliphatic carbocycles. The summed E-state index contributed by atoms with van der Waals surface area (Å²) >= 11 is 0. The van der Waals surface area contributed by atoms with Crippen molar-refractivity contribution in [2.45, 2.75) is 41.5 Å². The summed E-state index contributed by atoms with van der Waals surface area (Å²) < 4.78 is 6.08. The molecule has 0 fully saturated rings. The van der Waals surface area contributed by atoms with Crippen LogP contribution in [0.25, 0.3) is 33.7 Å². The van der Waals surface area contributed by atoms with Crippen LogP contribution >= 0.6 is 0 Å². The molecule has 1 radical (unpaired) electrons. The van der Waals surface area contributed by atoms with Gasteiger partial charge < -0.3 is 9.52 Å². The molecule has 0 bridgehead atoms. The Hall–Kier alpha value is -3.01. The molecule has 33 heavy (non-hydrogen) atoms. The van der Waals surface area contributed by atoms with Crippen LogP contribution < -0.4 is 0 Å². The molecule has 0 saturated heterocycles. The summed E-state index contributed by atoms with van der Waals surface area (Å²) in [6.07, 6.45) is 1.17. The van der Waals surface area contributed by atoms with Crippen molar-refractivity contribution in [1.82, 2.24) is 4.98 Å². The zero-order valence-corrected chi connectivity index (χ0v) is 22.1. The first-order chi connectivity index (χ1) is 15.1. The van der Waals surface area contributed by atoms with Gasteiger partial charge in [0.25, 0.3) is 0 Å². The molecule has 0 unspecified atom stereocenters. The van der Waals surface area contributed by atoms with E-state index in [2.05, 4.69) is 64.1 Å². The molecular weight excluding hydrogens is 591 g/mol. The molecule has 0 saturated carbocycles. The van der Waals surface area contributed by atoms with E-state index in [0.717, 1.165) is 39.2 Å². The smallest absolute Gasteiger partial charge is 0.155 e. The van der Waals surface area contributed by atoms with Crippen molar-refractivity contribution in [3.63, 3.8) is 0 Å². The number of pyridine rings is 1. The average Bonchev–Trinajstić information content (AvgIpc) is 3.09. The standard InChI is InChI=1S/C23H20NO.C5H8O2.Ir/c1-14-10-15(2)12-18(11-14)19-8-9-21-20(24-19)13-22(25-21)23-16(3)6-5-7-17(23)4;1-4(6)3-5(2)7;/h5-11,13H,1-4H3;3,6H,1-2H3;/q-1;;/b;4-3-;. The summed E-state index contributed by atoms with van der Waals surface area (Å²) in [7, 11) is 0. The number of allylic oxidation sites excluding steroid dienone is 2. The van der Waals surface area contributed by atoms with E-state index in [9.17, 15) is 4.79 Å². The molecular formula is C28H28IrNO3-. The molecule has 4 nitrogen and oxygen atoms in total. The van der Waals surface area contributed by atoms with Crippen molar-refractivity contribution < 1.29 is 34.4 Å². The number of ketones is 1. The number of fused-ring (bicyclic) bond motifs is 1. The van der Waals surface area contributed by atoms with Crippen molar-refractivity contribution >= 4 is 16.9 Å². The molecule has 1 N–H and O–H groups in total. The van der Waals surface area contributed by atoms with Crippen LogP contribution in [0.5, 0.6) is 0 Å². The summed E-state index contributed by atoms with van der Waals surface area (Å²) in [5.74, 6) is 0.812. The minimum absolute atomic E-state index is 0. The Kier molecular flexibility index (Phi) is 8.92. The molecule has 0 amide bonds. The Morgan fingerprint density at radius 2 is 1.67 bits per heavy atom. The van der Waals surface area contributed by atoms with E-state index >= 15 is 0 Å². The van der Waals surface area contributed by atoms with Crippen LogP contribution in [0.15, 0.2) is 64.8 Å². The Morgan fingerprint density at radius 1 is 1.00 bits per heavy atom. The van der Waals surface area contributed by atoms with Crippen molar-refractivity contribution in [2.24, 2.45) is 0 Å². The van der Waals surface area contributed by atoms with E-state index in [-0.39, 0.29) is 31.6 Å². The van der Waals surface area contributed by atoms with Crippen molar-refractivity contribution in [3.05, 3.63) is 88.7 Å².